The smallest absolute Gasteiger partial charge is 0.315 e. The predicted molar refractivity (Wildman–Crippen MR) is 173 cm³/mol. The fourth-order valence-electron chi connectivity index (χ4n) is 5.67. The first-order chi connectivity index (χ1) is 21.3. The minimum atomic E-state index is -0.510. The van der Waals surface area contributed by atoms with E-state index in [4.69, 9.17) is 35.3 Å². The van der Waals surface area contributed by atoms with Crippen molar-refractivity contribution in [3.8, 4) is 28.7 Å². The van der Waals surface area contributed by atoms with Crippen molar-refractivity contribution >= 4 is 45.1 Å². The van der Waals surface area contributed by atoms with Gasteiger partial charge in [-0.05, 0) is 115 Å². The van der Waals surface area contributed by atoms with Gasteiger partial charge in [0.15, 0.2) is 28.7 Å². The number of esters is 1. The number of hydrogen-bond donors (Lipinski definition) is 1. The summed E-state index contributed by atoms with van der Waals surface area (Å²) in [6, 6.07) is 14.0. The van der Waals surface area contributed by atoms with E-state index in [-0.39, 0.29) is 42.4 Å². The Bertz CT molecular complexity index is 1480. The van der Waals surface area contributed by atoms with Gasteiger partial charge in [-0.3, -0.25) is 9.59 Å². The van der Waals surface area contributed by atoms with E-state index >= 15 is 0 Å². The summed E-state index contributed by atoms with van der Waals surface area (Å²) >= 11 is 9.74. The summed E-state index contributed by atoms with van der Waals surface area (Å²) in [6.45, 7) is 0. The van der Waals surface area contributed by atoms with Crippen LogP contribution < -0.4 is 29.0 Å². The Hall–Kier alpha value is -3.43. The molecule has 2 aliphatic carbocycles. The molecule has 0 atom stereocenters. The van der Waals surface area contributed by atoms with Crippen molar-refractivity contribution < 1.29 is 33.3 Å². The van der Waals surface area contributed by atoms with Crippen molar-refractivity contribution in [2.45, 2.75) is 76.4 Å². The second-order valence-electron chi connectivity index (χ2n) is 11.2. The van der Waals surface area contributed by atoms with Gasteiger partial charge in [-0.2, -0.15) is 0 Å². The summed E-state index contributed by atoms with van der Waals surface area (Å²) < 4.78 is 29.5. The molecule has 0 radical (unpaired) electrons. The summed E-state index contributed by atoms with van der Waals surface area (Å²) in [5.41, 5.74) is 1.75. The molecular formula is C34H37BrClNO7. The molecule has 5 rings (SSSR count). The second-order valence-corrected chi connectivity index (χ2v) is 12.4. The number of hydrogen-bond acceptors (Lipinski definition) is 7. The topological polar surface area (TPSA) is 92.3 Å². The summed E-state index contributed by atoms with van der Waals surface area (Å²) in [5.74, 6) is 1.84. The Morgan fingerprint density at radius 2 is 1.30 bits per heavy atom. The van der Waals surface area contributed by atoms with Gasteiger partial charge in [0.25, 0.3) is 0 Å². The van der Waals surface area contributed by atoms with Crippen LogP contribution in [0.1, 0.15) is 62.5 Å². The molecule has 0 aliphatic heterocycles. The first kappa shape index (κ1) is 32.0. The zero-order valence-corrected chi connectivity index (χ0v) is 27.3. The SMILES string of the molecule is COc1ccc(CC(=O)Nc2cc(Cl)cc(Br)c2OC(=O)Cc2ccc(OC)c(OC3CCCC3)c2)cc1OC1CCCC1. The van der Waals surface area contributed by atoms with E-state index in [1.54, 1.807) is 44.6 Å². The molecule has 1 N–H and O–H groups in total. The minimum absolute atomic E-state index is 0.0108. The van der Waals surface area contributed by atoms with Gasteiger partial charge in [0.05, 0.1) is 49.4 Å². The molecule has 234 valence electrons. The first-order valence-electron chi connectivity index (χ1n) is 15.0. The van der Waals surface area contributed by atoms with Crippen LogP contribution in [0.3, 0.4) is 0 Å². The fraction of sp³-hybridized carbons (Fsp3) is 0.412. The molecular weight excluding hydrogens is 650 g/mol. The van der Waals surface area contributed by atoms with Crippen molar-refractivity contribution in [1.29, 1.82) is 0 Å². The maximum atomic E-state index is 13.2. The van der Waals surface area contributed by atoms with Gasteiger partial charge in [-0.15, -0.1) is 0 Å². The molecule has 2 fully saturated rings. The summed E-state index contributed by atoms with van der Waals surface area (Å²) in [5, 5.41) is 3.22. The highest BCUT2D eigenvalue weighted by Gasteiger charge is 2.22. The van der Waals surface area contributed by atoms with E-state index in [2.05, 4.69) is 21.2 Å². The summed E-state index contributed by atoms with van der Waals surface area (Å²) in [7, 11) is 3.19. The van der Waals surface area contributed by atoms with E-state index in [0.29, 0.717) is 32.5 Å². The first-order valence-corrected chi connectivity index (χ1v) is 16.1. The Balaban J connectivity index is 1.26. The lowest BCUT2D eigenvalue weighted by atomic mass is 10.1. The lowest BCUT2D eigenvalue weighted by molar-refractivity contribution is -0.133. The van der Waals surface area contributed by atoms with Gasteiger partial charge in [0, 0.05) is 5.02 Å². The molecule has 0 spiro atoms. The quantitative estimate of drug-likeness (QED) is 0.152. The lowest BCUT2D eigenvalue weighted by Gasteiger charge is -2.17. The van der Waals surface area contributed by atoms with Gasteiger partial charge < -0.3 is 29.0 Å². The van der Waals surface area contributed by atoms with Gasteiger partial charge >= 0.3 is 5.97 Å². The van der Waals surface area contributed by atoms with Crippen LogP contribution in [0.2, 0.25) is 5.02 Å². The number of nitrogens with one attached hydrogen (secondary N) is 1. The Morgan fingerprint density at radius 3 is 1.82 bits per heavy atom. The number of anilines is 1. The lowest BCUT2D eigenvalue weighted by Crippen LogP contribution is -2.18. The standard InChI is InChI=1S/C34H37BrClNO7/c1-40-28-13-11-21(15-30(28)42-24-7-3-4-8-24)17-32(38)37-27-20-23(36)19-26(35)34(27)44-33(39)18-22-12-14-29(41-2)31(16-22)43-25-9-5-6-10-25/h11-16,19-20,24-25H,3-10,17-18H2,1-2H3,(H,37,38). The van der Waals surface area contributed by atoms with Crippen LogP contribution in [0.25, 0.3) is 0 Å². The van der Waals surface area contributed by atoms with E-state index in [1.165, 1.54) is 0 Å². The second kappa shape index (κ2) is 15.0. The highest BCUT2D eigenvalue weighted by atomic mass is 79.9. The zero-order valence-electron chi connectivity index (χ0n) is 25.0. The monoisotopic (exact) mass is 685 g/mol. The summed E-state index contributed by atoms with van der Waals surface area (Å²) in [4.78, 5) is 26.3. The van der Waals surface area contributed by atoms with E-state index in [0.717, 1.165) is 62.5 Å². The number of halogens is 2. The molecule has 2 aliphatic rings. The molecule has 3 aromatic carbocycles. The predicted octanol–water partition coefficient (Wildman–Crippen LogP) is 8.09. The van der Waals surface area contributed by atoms with Crippen molar-refractivity contribution in [1.82, 2.24) is 0 Å². The molecule has 3 aromatic rings. The Morgan fingerprint density at radius 1 is 0.773 bits per heavy atom. The fourth-order valence-corrected chi connectivity index (χ4v) is 6.56. The molecule has 0 saturated heterocycles. The van der Waals surface area contributed by atoms with Gasteiger partial charge in [0.2, 0.25) is 5.91 Å². The molecule has 2 saturated carbocycles. The zero-order chi connectivity index (χ0) is 31.1. The maximum Gasteiger partial charge on any atom is 0.315 e. The third-order valence-electron chi connectivity index (χ3n) is 7.86. The maximum absolute atomic E-state index is 13.2. The highest BCUT2D eigenvalue weighted by molar-refractivity contribution is 9.10. The average Bonchev–Trinajstić information content (AvgIpc) is 3.70. The van der Waals surface area contributed by atoms with Crippen molar-refractivity contribution in [2.24, 2.45) is 0 Å². The highest BCUT2D eigenvalue weighted by Crippen LogP contribution is 2.38. The third kappa shape index (κ3) is 8.39. The Labute approximate surface area is 271 Å². The molecule has 8 nitrogen and oxygen atoms in total. The minimum Gasteiger partial charge on any atom is -0.493 e. The van der Waals surface area contributed by atoms with Gasteiger partial charge in [-0.25, -0.2) is 0 Å². The number of carbonyl (C=O) groups excluding carboxylic acids is 2. The molecule has 44 heavy (non-hydrogen) atoms. The van der Waals surface area contributed by atoms with E-state index in [1.807, 2.05) is 18.2 Å². The molecule has 0 aromatic heterocycles. The van der Waals surface area contributed by atoms with Crippen LogP contribution in [-0.4, -0.2) is 38.3 Å². The normalized spacial score (nSPS) is 15.2. The van der Waals surface area contributed by atoms with Gasteiger partial charge in [0.1, 0.15) is 0 Å². The number of amides is 1. The molecule has 0 bridgehead atoms. The van der Waals surface area contributed by atoms with Crippen molar-refractivity contribution in [3.05, 3.63) is 69.2 Å². The van der Waals surface area contributed by atoms with Gasteiger partial charge in [-0.1, -0.05) is 23.7 Å². The molecule has 1 amide bonds. The molecule has 10 heteroatoms. The Kier molecular flexibility index (Phi) is 10.9. The number of rotatable bonds is 12. The van der Waals surface area contributed by atoms with Crippen molar-refractivity contribution in [2.75, 3.05) is 19.5 Å². The van der Waals surface area contributed by atoms with Crippen LogP contribution in [0.5, 0.6) is 28.7 Å². The van der Waals surface area contributed by atoms with E-state index < -0.39 is 5.97 Å². The number of benzene rings is 3. The van der Waals surface area contributed by atoms with Crippen LogP contribution in [0.15, 0.2) is 53.0 Å². The summed E-state index contributed by atoms with van der Waals surface area (Å²) in [6.07, 6.45) is 8.95. The molecule has 0 heterocycles. The van der Waals surface area contributed by atoms with Crippen LogP contribution in [-0.2, 0) is 22.4 Å². The number of methoxy groups -OCH3 is 2. The van der Waals surface area contributed by atoms with Crippen LogP contribution in [0, 0.1) is 0 Å². The van der Waals surface area contributed by atoms with Crippen LogP contribution >= 0.6 is 27.5 Å². The number of ether oxygens (including phenoxy) is 5. The average molecular weight is 687 g/mol. The van der Waals surface area contributed by atoms with Crippen LogP contribution in [0.4, 0.5) is 5.69 Å². The largest absolute Gasteiger partial charge is 0.493 e. The third-order valence-corrected chi connectivity index (χ3v) is 8.67. The van der Waals surface area contributed by atoms with Crippen molar-refractivity contribution in [3.63, 3.8) is 0 Å². The van der Waals surface area contributed by atoms with E-state index in [9.17, 15) is 9.59 Å². The number of carbonyl (C=O) groups is 2. The molecule has 0 unspecified atom stereocenters.